The molecular weight excluding hydrogens is 348 g/mol. The van der Waals surface area contributed by atoms with E-state index in [9.17, 15) is 9.90 Å². The minimum Gasteiger partial charge on any atom is -0.469 e. The summed E-state index contributed by atoms with van der Waals surface area (Å²) < 4.78 is 4.82. The zero-order chi connectivity index (χ0) is 20.1. The molecule has 0 saturated heterocycles. The molecule has 3 saturated carbocycles. The van der Waals surface area contributed by atoms with E-state index in [4.69, 9.17) is 4.74 Å². The lowest BCUT2D eigenvalue weighted by atomic mass is 9.43. The van der Waals surface area contributed by atoms with Gasteiger partial charge in [-0.25, -0.2) is 0 Å². The highest BCUT2D eigenvalue weighted by atomic mass is 16.5. The lowest BCUT2D eigenvalue weighted by molar-refractivity contribution is -0.141. The van der Waals surface area contributed by atoms with Crippen molar-refractivity contribution in [1.82, 2.24) is 0 Å². The molecule has 4 aliphatic rings. The number of hydrogen-bond donors (Lipinski definition) is 1. The Hall–Kier alpha value is -0.830. The summed E-state index contributed by atoms with van der Waals surface area (Å²) in [5.74, 6) is 3.80. The molecule has 0 aromatic carbocycles. The second kappa shape index (κ2) is 7.45. The lowest BCUT2D eigenvalue weighted by Crippen LogP contribution is -2.56. The molecule has 0 aromatic heterocycles. The maximum Gasteiger partial charge on any atom is 0.305 e. The standard InChI is InChI=1S/C25H40O3/c1-16-14-19-20-9-8-17(6-5-7-23(27)28-4)24(20,2)13-11-21(19)25(3)12-10-18(26)15-22(16)25/h8,16,18-22,26H,5-7,9-15H2,1-4H3. The number of fused-ring (bicyclic) bond motifs is 5. The van der Waals surface area contributed by atoms with Crippen molar-refractivity contribution in [2.75, 3.05) is 7.11 Å². The van der Waals surface area contributed by atoms with E-state index in [2.05, 4.69) is 26.8 Å². The van der Waals surface area contributed by atoms with E-state index in [0.717, 1.165) is 49.4 Å². The number of esters is 1. The van der Waals surface area contributed by atoms with Crippen LogP contribution in [-0.4, -0.2) is 24.3 Å². The number of ether oxygens (including phenoxy) is 1. The Bertz CT molecular complexity index is 640. The van der Waals surface area contributed by atoms with Gasteiger partial charge in [0.15, 0.2) is 0 Å². The van der Waals surface area contributed by atoms with Gasteiger partial charge in [-0.1, -0.05) is 32.4 Å². The molecule has 3 nitrogen and oxygen atoms in total. The summed E-state index contributed by atoms with van der Waals surface area (Å²) in [7, 11) is 1.48. The summed E-state index contributed by atoms with van der Waals surface area (Å²) in [6.07, 6.45) is 13.5. The Morgan fingerprint density at radius 2 is 1.96 bits per heavy atom. The van der Waals surface area contributed by atoms with Crippen molar-refractivity contribution < 1.29 is 14.6 Å². The smallest absolute Gasteiger partial charge is 0.305 e. The Balaban J connectivity index is 1.49. The van der Waals surface area contributed by atoms with E-state index in [1.807, 2.05) is 0 Å². The third-order valence-electron chi connectivity index (χ3n) is 9.80. The molecule has 8 atom stereocenters. The lowest BCUT2D eigenvalue weighted by Gasteiger charge is -2.62. The van der Waals surface area contributed by atoms with Gasteiger partial charge in [0.1, 0.15) is 0 Å². The summed E-state index contributed by atoms with van der Waals surface area (Å²) in [4.78, 5) is 11.5. The van der Waals surface area contributed by atoms with Crippen LogP contribution in [0.4, 0.5) is 0 Å². The van der Waals surface area contributed by atoms with Crippen LogP contribution in [0.3, 0.4) is 0 Å². The van der Waals surface area contributed by atoms with Crippen LogP contribution < -0.4 is 0 Å². The van der Waals surface area contributed by atoms with Gasteiger partial charge < -0.3 is 9.84 Å². The number of carbonyl (C=O) groups is 1. The highest BCUT2D eigenvalue weighted by Crippen LogP contribution is 2.67. The van der Waals surface area contributed by atoms with Crippen LogP contribution in [0, 0.1) is 40.4 Å². The molecule has 0 spiro atoms. The highest BCUT2D eigenvalue weighted by Gasteiger charge is 2.59. The molecule has 0 heterocycles. The van der Waals surface area contributed by atoms with E-state index < -0.39 is 0 Å². The van der Waals surface area contributed by atoms with Gasteiger partial charge in [-0.05, 0) is 98.2 Å². The molecule has 8 unspecified atom stereocenters. The summed E-state index contributed by atoms with van der Waals surface area (Å²) in [6, 6.07) is 0. The first-order valence-electron chi connectivity index (χ1n) is 11.7. The molecular formula is C25H40O3. The first-order chi connectivity index (χ1) is 13.3. The first-order valence-corrected chi connectivity index (χ1v) is 11.7. The molecule has 0 amide bonds. The number of rotatable bonds is 4. The first kappa shape index (κ1) is 20.4. The Kier molecular flexibility index (Phi) is 5.44. The maximum atomic E-state index is 11.5. The maximum absolute atomic E-state index is 11.5. The number of carbonyl (C=O) groups excluding carboxylic acids is 1. The number of methoxy groups -OCH3 is 1. The molecule has 4 rings (SSSR count). The molecule has 28 heavy (non-hydrogen) atoms. The average molecular weight is 389 g/mol. The van der Waals surface area contributed by atoms with Gasteiger partial charge in [-0.3, -0.25) is 4.79 Å². The largest absolute Gasteiger partial charge is 0.469 e. The Morgan fingerprint density at radius 1 is 1.18 bits per heavy atom. The topological polar surface area (TPSA) is 46.5 Å². The summed E-state index contributed by atoms with van der Waals surface area (Å²) >= 11 is 0. The van der Waals surface area contributed by atoms with Crippen LogP contribution in [-0.2, 0) is 9.53 Å². The summed E-state index contributed by atoms with van der Waals surface area (Å²) in [5.41, 5.74) is 2.39. The van der Waals surface area contributed by atoms with Crippen LogP contribution in [0.5, 0.6) is 0 Å². The van der Waals surface area contributed by atoms with Crippen molar-refractivity contribution in [3.05, 3.63) is 11.6 Å². The predicted octanol–water partition coefficient (Wildman–Crippen LogP) is 5.52. The SMILES string of the molecule is COC(=O)CCCC1=CCC2C3CC(C)C4CC(O)CCC4(C)C3CCC12C. The molecule has 1 N–H and O–H groups in total. The minimum absolute atomic E-state index is 0.0690. The van der Waals surface area contributed by atoms with Gasteiger partial charge >= 0.3 is 5.97 Å². The van der Waals surface area contributed by atoms with Crippen LogP contribution in [0.25, 0.3) is 0 Å². The third-order valence-corrected chi connectivity index (χ3v) is 9.80. The molecule has 3 fully saturated rings. The Morgan fingerprint density at radius 3 is 2.71 bits per heavy atom. The summed E-state index contributed by atoms with van der Waals surface area (Å²) in [6.45, 7) is 7.55. The number of hydrogen-bond acceptors (Lipinski definition) is 3. The van der Waals surface area contributed by atoms with E-state index in [1.54, 1.807) is 5.57 Å². The second-order valence-corrected chi connectivity index (χ2v) is 11.0. The van der Waals surface area contributed by atoms with Crippen molar-refractivity contribution in [3.8, 4) is 0 Å². The van der Waals surface area contributed by atoms with Crippen LogP contribution >= 0.6 is 0 Å². The van der Waals surface area contributed by atoms with Crippen LogP contribution in [0.15, 0.2) is 11.6 Å². The number of aliphatic hydroxyl groups is 1. The van der Waals surface area contributed by atoms with E-state index >= 15 is 0 Å². The molecule has 0 aliphatic heterocycles. The van der Waals surface area contributed by atoms with Crippen molar-refractivity contribution in [3.63, 3.8) is 0 Å². The fraction of sp³-hybridized carbons (Fsp3) is 0.880. The van der Waals surface area contributed by atoms with Gasteiger partial charge in [0, 0.05) is 6.42 Å². The van der Waals surface area contributed by atoms with Gasteiger partial charge in [0.2, 0.25) is 0 Å². The zero-order valence-electron chi connectivity index (χ0n) is 18.4. The number of aliphatic hydroxyl groups excluding tert-OH is 1. The van der Waals surface area contributed by atoms with E-state index in [1.165, 1.54) is 39.2 Å². The van der Waals surface area contributed by atoms with E-state index in [0.29, 0.717) is 23.2 Å². The predicted molar refractivity (Wildman–Crippen MR) is 112 cm³/mol. The molecule has 3 heteroatoms. The highest BCUT2D eigenvalue weighted by molar-refractivity contribution is 5.69. The quantitative estimate of drug-likeness (QED) is 0.510. The number of allylic oxidation sites excluding steroid dienone is 2. The minimum atomic E-state index is -0.0800. The normalized spacial score (nSPS) is 47.5. The fourth-order valence-corrected chi connectivity index (χ4v) is 8.28. The average Bonchev–Trinajstić information content (AvgIpc) is 3.00. The van der Waals surface area contributed by atoms with Gasteiger partial charge in [-0.2, -0.15) is 0 Å². The molecule has 158 valence electrons. The molecule has 4 aliphatic carbocycles. The van der Waals surface area contributed by atoms with Crippen molar-refractivity contribution in [1.29, 1.82) is 0 Å². The van der Waals surface area contributed by atoms with Gasteiger partial charge in [-0.15, -0.1) is 0 Å². The molecule has 0 aromatic rings. The monoisotopic (exact) mass is 388 g/mol. The van der Waals surface area contributed by atoms with Crippen molar-refractivity contribution in [2.45, 2.75) is 91.1 Å². The Labute approximate surface area is 171 Å². The molecule has 0 bridgehead atoms. The van der Waals surface area contributed by atoms with Crippen LogP contribution in [0.1, 0.15) is 85.0 Å². The van der Waals surface area contributed by atoms with Crippen LogP contribution in [0.2, 0.25) is 0 Å². The molecule has 0 radical (unpaired) electrons. The fourth-order valence-electron chi connectivity index (χ4n) is 8.28. The van der Waals surface area contributed by atoms with E-state index in [-0.39, 0.29) is 12.1 Å². The third kappa shape index (κ3) is 3.16. The second-order valence-electron chi connectivity index (χ2n) is 11.0. The van der Waals surface area contributed by atoms with Gasteiger partial charge in [0.05, 0.1) is 13.2 Å². The van der Waals surface area contributed by atoms with Crippen molar-refractivity contribution in [2.24, 2.45) is 40.4 Å². The van der Waals surface area contributed by atoms with Crippen molar-refractivity contribution >= 4 is 5.97 Å². The zero-order valence-corrected chi connectivity index (χ0v) is 18.4. The van der Waals surface area contributed by atoms with Gasteiger partial charge in [0.25, 0.3) is 0 Å². The summed E-state index contributed by atoms with van der Waals surface area (Å²) in [5, 5.41) is 10.3.